The molecule has 0 aromatic rings. The van der Waals surface area contributed by atoms with Crippen LogP contribution in [-0.2, 0) is 9.47 Å². The Hall–Kier alpha value is -0.540. The van der Waals surface area contributed by atoms with E-state index >= 15 is 0 Å². The summed E-state index contributed by atoms with van der Waals surface area (Å²) in [7, 11) is 1.68. The third-order valence-electron chi connectivity index (χ3n) is 1.86. The maximum atomic E-state index is 11.4. The fourth-order valence-corrected chi connectivity index (χ4v) is 0.511. The van der Waals surface area contributed by atoms with Crippen LogP contribution in [0.15, 0.2) is 0 Å². The summed E-state index contributed by atoms with van der Waals surface area (Å²) in [6.45, 7) is 1.32. The molecule has 104 valence electrons. The second-order valence-electron chi connectivity index (χ2n) is 3.48. The van der Waals surface area contributed by atoms with E-state index in [1.165, 1.54) is 0 Å². The highest BCUT2D eigenvalue weighted by atomic mass is 19.4. The van der Waals surface area contributed by atoms with Crippen LogP contribution < -0.4 is 0 Å². The second kappa shape index (κ2) is 5.40. The van der Waals surface area contributed by atoms with Crippen LogP contribution in [0.4, 0.5) is 26.3 Å². The first kappa shape index (κ1) is 16.5. The van der Waals surface area contributed by atoms with Crippen molar-refractivity contribution in [2.24, 2.45) is 0 Å². The van der Waals surface area contributed by atoms with E-state index in [1.807, 2.05) is 0 Å². The third kappa shape index (κ3) is 5.09. The van der Waals surface area contributed by atoms with Crippen LogP contribution in [0, 0.1) is 0 Å². The Kier molecular flexibility index (Phi) is 5.23. The van der Waals surface area contributed by atoms with Crippen molar-refractivity contribution in [3.05, 3.63) is 0 Å². The fraction of sp³-hybridized carbons (Fsp3) is 1.00. The molecule has 1 heterocycles. The lowest BCUT2D eigenvalue weighted by atomic mass is 10.1. The second-order valence-corrected chi connectivity index (χ2v) is 3.48. The van der Waals surface area contributed by atoms with E-state index in [2.05, 4.69) is 0 Å². The number of halogens is 6. The van der Waals surface area contributed by atoms with Gasteiger partial charge < -0.3 is 14.6 Å². The number of ether oxygens (including phenoxy) is 2. The fourth-order valence-electron chi connectivity index (χ4n) is 0.511. The van der Waals surface area contributed by atoms with Crippen LogP contribution in [0.3, 0.4) is 0 Å². The maximum absolute atomic E-state index is 11.4. The van der Waals surface area contributed by atoms with Gasteiger partial charge in [0.1, 0.15) is 6.10 Å². The minimum Gasteiger partial charge on any atom is -0.382 e. The molecule has 1 atom stereocenters. The molecule has 0 spiro atoms. The lowest BCUT2D eigenvalue weighted by Crippen LogP contribution is -2.54. The summed E-state index contributed by atoms with van der Waals surface area (Å²) in [5.41, 5.74) is -4.62. The predicted molar refractivity (Wildman–Crippen MR) is 44.3 cm³/mol. The average Bonchev–Trinajstić information content (AvgIpc) is 2.85. The lowest BCUT2D eigenvalue weighted by molar-refractivity contribution is -0.360. The zero-order valence-corrected chi connectivity index (χ0v) is 9.02. The molecule has 0 aromatic carbocycles. The van der Waals surface area contributed by atoms with E-state index in [9.17, 15) is 26.3 Å². The number of hydrogen-bond donors (Lipinski definition) is 1. The van der Waals surface area contributed by atoms with Crippen LogP contribution in [0.5, 0.6) is 0 Å². The summed E-state index contributed by atoms with van der Waals surface area (Å²) < 4.78 is 77.7. The Morgan fingerprint density at radius 1 is 1.18 bits per heavy atom. The van der Waals surface area contributed by atoms with Gasteiger partial charge in [-0.1, -0.05) is 0 Å². The van der Waals surface area contributed by atoms with Gasteiger partial charge in [-0.25, -0.2) is 0 Å². The molecule has 0 aliphatic carbocycles. The summed E-state index contributed by atoms with van der Waals surface area (Å²) in [5, 5.41) is 7.94. The summed E-state index contributed by atoms with van der Waals surface area (Å²) in [6, 6.07) is 0. The number of epoxide rings is 1. The summed E-state index contributed by atoms with van der Waals surface area (Å²) in [4.78, 5) is 0. The van der Waals surface area contributed by atoms with Gasteiger partial charge in [0, 0.05) is 7.11 Å². The van der Waals surface area contributed by atoms with Crippen molar-refractivity contribution >= 4 is 0 Å². The zero-order valence-electron chi connectivity index (χ0n) is 9.02. The molecule has 1 aliphatic heterocycles. The van der Waals surface area contributed by atoms with Gasteiger partial charge in [-0.2, -0.15) is 26.3 Å². The molecule has 0 radical (unpaired) electrons. The molecule has 1 saturated heterocycles. The Morgan fingerprint density at radius 3 is 1.59 bits per heavy atom. The first-order valence-corrected chi connectivity index (χ1v) is 4.40. The molecule has 9 heteroatoms. The molecule has 1 unspecified atom stereocenters. The number of hydrogen-bond acceptors (Lipinski definition) is 3. The van der Waals surface area contributed by atoms with Crippen molar-refractivity contribution in [3.8, 4) is 0 Å². The van der Waals surface area contributed by atoms with Gasteiger partial charge in [0.15, 0.2) is 0 Å². The van der Waals surface area contributed by atoms with Gasteiger partial charge in [0.25, 0.3) is 5.60 Å². The molecule has 0 amide bonds. The Balaban J connectivity index is 0.000000354. The van der Waals surface area contributed by atoms with Crippen molar-refractivity contribution in [1.82, 2.24) is 0 Å². The quantitative estimate of drug-likeness (QED) is 0.615. The van der Waals surface area contributed by atoms with Crippen LogP contribution in [0.25, 0.3) is 0 Å². The molecule has 0 bridgehead atoms. The normalized spacial score (nSPS) is 20.6. The molecule has 1 aliphatic rings. The first-order valence-electron chi connectivity index (χ1n) is 4.40. The summed E-state index contributed by atoms with van der Waals surface area (Å²) >= 11 is 0. The Labute approximate surface area is 93.3 Å². The van der Waals surface area contributed by atoms with E-state index in [0.717, 1.165) is 13.2 Å². The number of alkyl halides is 6. The van der Waals surface area contributed by atoms with E-state index in [0.29, 0.717) is 6.10 Å². The smallest absolute Gasteiger partial charge is 0.382 e. The zero-order chi connectivity index (χ0) is 13.9. The van der Waals surface area contributed by atoms with Crippen LogP contribution in [0.2, 0.25) is 0 Å². The largest absolute Gasteiger partial charge is 0.425 e. The van der Waals surface area contributed by atoms with E-state index in [-0.39, 0.29) is 6.92 Å². The number of rotatable bonds is 2. The lowest BCUT2D eigenvalue weighted by Gasteiger charge is -2.28. The molecular formula is C8H12F6O3. The Bertz CT molecular complexity index is 214. The molecule has 1 rings (SSSR count). The van der Waals surface area contributed by atoms with Gasteiger partial charge in [-0.15, -0.1) is 0 Å². The molecule has 3 nitrogen and oxygen atoms in total. The predicted octanol–water partition coefficient (Wildman–Crippen LogP) is 1.89. The van der Waals surface area contributed by atoms with Crippen molar-refractivity contribution in [1.29, 1.82) is 0 Å². The monoisotopic (exact) mass is 270 g/mol. The van der Waals surface area contributed by atoms with E-state index < -0.39 is 18.0 Å². The highest BCUT2D eigenvalue weighted by Gasteiger charge is 2.67. The summed E-state index contributed by atoms with van der Waals surface area (Å²) in [5.74, 6) is 0. The summed E-state index contributed by atoms with van der Waals surface area (Å²) in [6.07, 6.45) is -11.0. The van der Waals surface area contributed by atoms with Crippen LogP contribution in [0.1, 0.15) is 6.92 Å². The van der Waals surface area contributed by atoms with Crippen molar-refractivity contribution in [2.75, 3.05) is 20.3 Å². The van der Waals surface area contributed by atoms with Gasteiger partial charge in [0.05, 0.1) is 13.2 Å². The maximum Gasteiger partial charge on any atom is 0.425 e. The van der Waals surface area contributed by atoms with E-state index in [1.54, 1.807) is 7.11 Å². The first-order chi connectivity index (χ1) is 7.43. The average molecular weight is 270 g/mol. The highest BCUT2D eigenvalue weighted by molar-refractivity contribution is 4.88. The topological polar surface area (TPSA) is 42.0 Å². The molecule has 1 fully saturated rings. The molecule has 0 saturated carbocycles. The molecule has 17 heavy (non-hydrogen) atoms. The standard InChI is InChI=1S/C4H4F6O.C4H8O2/c1-2(11,3(5,6)7)4(8,9)10;1-5-2-4-3-6-4/h11H,1H3;4H,2-3H2,1H3. The van der Waals surface area contributed by atoms with Gasteiger partial charge in [-0.05, 0) is 6.92 Å². The molecule has 1 N–H and O–H groups in total. The molecular weight excluding hydrogens is 258 g/mol. The van der Waals surface area contributed by atoms with Gasteiger partial charge in [-0.3, -0.25) is 0 Å². The minimum atomic E-state index is -5.69. The highest BCUT2D eigenvalue weighted by Crippen LogP contribution is 2.42. The third-order valence-corrected chi connectivity index (χ3v) is 1.86. The number of methoxy groups -OCH3 is 1. The van der Waals surface area contributed by atoms with Crippen molar-refractivity contribution in [2.45, 2.75) is 31.0 Å². The van der Waals surface area contributed by atoms with E-state index in [4.69, 9.17) is 14.6 Å². The van der Waals surface area contributed by atoms with Crippen LogP contribution in [-0.4, -0.2) is 49.5 Å². The van der Waals surface area contributed by atoms with Gasteiger partial charge in [0.2, 0.25) is 0 Å². The Morgan fingerprint density at radius 2 is 1.53 bits per heavy atom. The van der Waals surface area contributed by atoms with Crippen molar-refractivity contribution in [3.63, 3.8) is 0 Å². The van der Waals surface area contributed by atoms with Crippen LogP contribution >= 0.6 is 0 Å². The molecule has 0 aromatic heterocycles. The minimum absolute atomic E-state index is 0.340. The van der Waals surface area contributed by atoms with Crippen molar-refractivity contribution < 1.29 is 40.9 Å². The SMILES string of the molecule is CC(O)(C(F)(F)F)C(F)(F)F.COCC1CO1. The van der Waals surface area contributed by atoms with Gasteiger partial charge >= 0.3 is 12.4 Å². The number of aliphatic hydroxyl groups is 1.